The summed E-state index contributed by atoms with van der Waals surface area (Å²) in [6, 6.07) is 5.69. The third-order valence-corrected chi connectivity index (χ3v) is 4.87. The zero-order valence-electron chi connectivity index (χ0n) is 13.2. The standard InChI is InChI=1S/C14H17N3O5S/c1-9-7-12(16-22-9)14(18)15-11-8-10(5-6-13(11)21-4)23(19,20)17(2)3/h5-8H,1-4H3,(H,15,18). The second-order valence-electron chi connectivity index (χ2n) is 4.93. The van der Waals surface area contributed by atoms with Gasteiger partial charge in [0.2, 0.25) is 10.0 Å². The molecule has 0 saturated carbocycles. The van der Waals surface area contributed by atoms with Gasteiger partial charge in [0.25, 0.3) is 5.91 Å². The van der Waals surface area contributed by atoms with Gasteiger partial charge in [-0.1, -0.05) is 5.16 Å². The molecule has 0 saturated heterocycles. The predicted molar refractivity (Wildman–Crippen MR) is 83.1 cm³/mol. The molecule has 1 amide bonds. The van der Waals surface area contributed by atoms with Crippen molar-refractivity contribution in [2.24, 2.45) is 0 Å². The molecular formula is C14H17N3O5S. The fourth-order valence-electron chi connectivity index (χ4n) is 1.82. The number of hydrogen-bond donors (Lipinski definition) is 1. The second-order valence-corrected chi connectivity index (χ2v) is 7.08. The van der Waals surface area contributed by atoms with E-state index in [9.17, 15) is 13.2 Å². The first-order valence-corrected chi connectivity index (χ1v) is 8.05. The fraction of sp³-hybridized carbons (Fsp3) is 0.286. The molecule has 2 aromatic rings. The molecule has 1 N–H and O–H groups in total. The highest BCUT2D eigenvalue weighted by Crippen LogP contribution is 2.28. The molecule has 1 aromatic carbocycles. The molecule has 0 aliphatic heterocycles. The van der Waals surface area contributed by atoms with Crippen LogP contribution >= 0.6 is 0 Å². The zero-order chi connectivity index (χ0) is 17.2. The van der Waals surface area contributed by atoms with E-state index in [-0.39, 0.29) is 16.3 Å². The summed E-state index contributed by atoms with van der Waals surface area (Å²) in [4.78, 5) is 12.2. The number of carbonyl (C=O) groups excluding carboxylic acids is 1. The predicted octanol–water partition coefficient (Wildman–Crippen LogP) is 1.49. The number of nitrogens with one attached hydrogen (secondary N) is 1. The van der Waals surface area contributed by atoms with Crippen LogP contribution in [0.3, 0.4) is 0 Å². The SMILES string of the molecule is COc1ccc(S(=O)(=O)N(C)C)cc1NC(=O)c1cc(C)on1. The molecule has 9 heteroatoms. The molecule has 0 aliphatic carbocycles. The van der Waals surface area contributed by atoms with Gasteiger partial charge in [0.15, 0.2) is 5.69 Å². The summed E-state index contributed by atoms with van der Waals surface area (Å²) < 4.78 is 35.5. The minimum atomic E-state index is -3.63. The summed E-state index contributed by atoms with van der Waals surface area (Å²) in [6.07, 6.45) is 0. The van der Waals surface area contributed by atoms with Gasteiger partial charge in [0, 0.05) is 20.2 Å². The molecule has 124 valence electrons. The van der Waals surface area contributed by atoms with Crippen LogP contribution in [0.15, 0.2) is 33.7 Å². The van der Waals surface area contributed by atoms with E-state index >= 15 is 0 Å². The van der Waals surface area contributed by atoms with Crippen molar-refractivity contribution in [3.05, 3.63) is 35.7 Å². The van der Waals surface area contributed by atoms with Crippen molar-refractivity contribution in [1.29, 1.82) is 0 Å². The van der Waals surface area contributed by atoms with Crippen molar-refractivity contribution in [2.45, 2.75) is 11.8 Å². The van der Waals surface area contributed by atoms with Crippen LogP contribution in [-0.2, 0) is 10.0 Å². The first-order chi connectivity index (χ1) is 10.8. The van der Waals surface area contributed by atoms with Gasteiger partial charge >= 0.3 is 0 Å². The highest BCUT2D eigenvalue weighted by molar-refractivity contribution is 7.89. The normalized spacial score (nSPS) is 11.5. The van der Waals surface area contributed by atoms with Crippen molar-refractivity contribution in [3.63, 3.8) is 0 Å². The van der Waals surface area contributed by atoms with Crippen LogP contribution in [0.1, 0.15) is 16.2 Å². The average Bonchev–Trinajstić information content (AvgIpc) is 2.93. The Balaban J connectivity index is 2.38. The quantitative estimate of drug-likeness (QED) is 0.885. The minimum absolute atomic E-state index is 0.0370. The first-order valence-electron chi connectivity index (χ1n) is 6.61. The number of rotatable bonds is 5. The van der Waals surface area contributed by atoms with Gasteiger partial charge in [-0.15, -0.1) is 0 Å². The number of benzene rings is 1. The van der Waals surface area contributed by atoms with E-state index in [2.05, 4.69) is 10.5 Å². The second kappa shape index (κ2) is 6.39. The molecule has 1 aromatic heterocycles. The van der Waals surface area contributed by atoms with E-state index in [1.54, 1.807) is 6.92 Å². The summed E-state index contributed by atoms with van der Waals surface area (Å²) in [7, 11) is 0.647. The van der Waals surface area contributed by atoms with Gasteiger partial charge in [-0.25, -0.2) is 12.7 Å². The van der Waals surface area contributed by atoms with Crippen molar-refractivity contribution < 1.29 is 22.5 Å². The Kier molecular flexibility index (Phi) is 4.71. The maximum atomic E-state index is 12.2. The maximum Gasteiger partial charge on any atom is 0.277 e. The fourth-order valence-corrected chi connectivity index (χ4v) is 2.74. The molecule has 23 heavy (non-hydrogen) atoms. The van der Waals surface area contributed by atoms with Gasteiger partial charge in [0.05, 0.1) is 17.7 Å². The van der Waals surface area contributed by atoms with Gasteiger partial charge in [0.1, 0.15) is 11.5 Å². The molecule has 1 heterocycles. The molecule has 0 atom stereocenters. The highest BCUT2D eigenvalue weighted by Gasteiger charge is 2.20. The van der Waals surface area contributed by atoms with E-state index in [0.717, 1.165) is 4.31 Å². The number of aromatic nitrogens is 1. The first kappa shape index (κ1) is 17.0. The number of sulfonamides is 1. The summed E-state index contributed by atoms with van der Waals surface area (Å²) >= 11 is 0. The Morgan fingerprint density at radius 1 is 1.30 bits per heavy atom. The summed E-state index contributed by atoms with van der Waals surface area (Å²) in [5.41, 5.74) is 0.312. The Morgan fingerprint density at radius 2 is 2.00 bits per heavy atom. The van der Waals surface area contributed by atoms with E-state index in [0.29, 0.717) is 11.5 Å². The van der Waals surface area contributed by atoms with Crippen molar-refractivity contribution in [1.82, 2.24) is 9.46 Å². The lowest BCUT2D eigenvalue weighted by molar-refractivity contribution is 0.101. The summed E-state index contributed by atoms with van der Waals surface area (Å²) in [6.45, 7) is 1.66. The molecule has 0 radical (unpaired) electrons. The molecule has 8 nitrogen and oxygen atoms in total. The molecule has 0 bridgehead atoms. The number of amides is 1. The maximum absolute atomic E-state index is 12.2. The van der Waals surface area contributed by atoms with Crippen LogP contribution < -0.4 is 10.1 Å². The Hall–Kier alpha value is -2.39. The Bertz CT molecular complexity index is 827. The van der Waals surface area contributed by atoms with Crippen LogP contribution in [0.2, 0.25) is 0 Å². The molecule has 0 unspecified atom stereocenters. The van der Waals surface area contributed by atoms with Crippen LogP contribution in [0, 0.1) is 6.92 Å². The number of aryl methyl sites for hydroxylation is 1. The van der Waals surface area contributed by atoms with Gasteiger partial charge < -0.3 is 14.6 Å². The molecule has 0 spiro atoms. The highest BCUT2D eigenvalue weighted by atomic mass is 32.2. The van der Waals surface area contributed by atoms with E-state index < -0.39 is 15.9 Å². The van der Waals surface area contributed by atoms with E-state index in [1.165, 1.54) is 45.5 Å². The van der Waals surface area contributed by atoms with E-state index in [1.807, 2.05) is 0 Å². The van der Waals surface area contributed by atoms with Crippen molar-refractivity contribution in [2.75, 3.05) is 26.5 Å². The van der Waals surface area contributed by atoms with Gasteiger partial charge in [-0.05, 0) is 25.1 Å². The van der Waals surface area contributed by atoms with Crippen LogP contribution in [0.4, 0.5) is 5.69 Å². The van der Waals surface area contributed by atoms with Crippen molar-refractivity contribution >= 4 is 21.6 Å². The minimum Gasteiger partial charge on any atom is -0.495 e. The number of ether oxygens (including phenoxy) is 1. The van der Waals surface area contributed by atoms with Crippen molar-refractivity contribution in [3.8, 4) is 5.75 Å². The monoisotopic (exact) mass is 339 g/mol. The number of methoxy groups -OCH3 is 1. The molecular weight excluding hydrogens is 322 g/mol. The lowest BCUT2D eigenvalue weighted by atomic mass is 10.2. The van der Waals surface area contributed by atoms with Gasteiger partial charge in [-0.2, -0.15) is 0 Å². The molecule has 0 fully saturated rings. The van der Waals surface area contributed by atoms with Crippen LogP contribution in [0.25, 0.3) is 0 Å². The van der Waals surface area contributed by atoms with E-state index in [4.69, 9.17) is 9.26 Å². The number of hydrogen-bond acceptors (Lipinski definition) is 6. The Labute approximate surface area is 134 Å². The third-order valence-electron chi connectivity index (χ3n) is 3.06. The topological polar surface area (TPSA) is 102 Å². The van der Waals surface area contributed by atoms with Crippen LogP contribution in [0.5, 0.6) is 5.75 Å². The number of anilines is 1. The van der Waals surface area contributed by atoms with Gasteiger partial charge in [-0.3, -0.25) is 4.79 Å². The lowest BCUT2D eigenvalue weighted by Gasteiger charge is -2.14. The molecule has 0 aliphatic rings. The number of carbonyl (C=O) groups is 1. The third kappa shape index (κ3) is 3.51. The lowest BCUT2D eigenvalue weighted by Crippen LogP contribution is -2.22. The van der Waals surface area contributed by atoms with Crippen LogP contribution in [-0.4, -0.2) is 45.0 Å². The summed E-state index contributed by atoms with van der Waals surface area (Å²) in [5, 5.41) is 6.19. The molecule has 2 rings (SSSR count). The largest absolute Gasteiger partial charge is 0.495 e. The smallest absolute Gasteiger partial charge is 0.277 e. The average molecular weight is 339 g/mol. The number of nitrogens with zero attached hydrogens (tertiary/aromatic N) is 2. The zero-order valence-corrected chi connectivity index (χ0v) is 14.0. The summed E-state index contributed by atoms with van der Waals surface area (Å²) in [5.74, 6) is 0.293. The Morgan fingerprint density at radius 3 is 2.52 bits per heavy atom.